The van der Waals surface area contributed by atoms with Crippen LogP contribution in [-0.2, 0) is 78.4 Å². The van der Waals surface area contributed by atoms with Crippen molar-refractivity contribution in [1.82, 2.24) is 67.4 Å². The molecule has 0 spiro atoms. The summed E-state index contributed by atoms with van der Waals surface area (Å²) in [4.78, 5) is 171. The maximum atomic E-state index is 15.1. The Hall–Kier alpha value is -9.94. The van der Waals surface area contributed by atoms with E-state index in [4.69, 9.17) is 11.5 Å². The third-order valence-electron chi connectivity index (χ3n) is 15.8. The standard InChI is InChI=1S/C62H89N17O14/c1-7-35(6)51(78-56(87)44(25-37-17-19-40(80)20-18-37)74-58(89)50(34(4)5)77-53(84)42(15-11-21-68-62(64)65)71-52(83)41(63)28-49(81)82)59(90)75-46(27-39-30-67-32-70-39)60(91)79-22-12-16-48(79)57(88)73-43(24-36-13-9-8-10-14-36)54(85)72-45(26-38-29-66-31-69-38)55(86)76-47(61(92)93)23-33(2)3/h8-10,13-14,17-20,29-35,41-48,50-51,80H,7,11-12,15-16,21-28,63H2,1-6H3,(H,66,69)(H,67,70)(H,71,83)(H,72,85)(H,73,88)(H,74,89)(H,75,90)(H,76,86)(H,77,84)(H,78,87)(H,81,82)(H,92,93)(H4,64,65,68)/p+2/t35-,41-,42-,43-,44-,45-,46-,47-,48-,50-,51-/m0/s1. The van der Waals surface area contributed by atoms with Gasteiger partial charge in [0.2, 0.25) is 47.3 Å². The number of H-pyrrole nitrogens is 2. The summed E-state index contributed by atoms with van der Waals surface area (Å²) >= 11 is 0. The highest BCUT2D eigenvalue weighted by Crippen LogP contribution is 2.22. The van der Waals surface area contributed by atoms with Crippen molar-refractivity contribution in [2.75, 3.05) is 13.1 Å². The van der Waals surface area contributed by atoms with Crippen LogP contribution in [-0.4, -0.2) is 185 Å². The van der Waals surface area contributed by atoms with Gasteiger partial charge in [0.1, 0.15) is 66.5 Å². The molecule has 1 saturated heterocycles. The topological polar surface area (TPSA) is 499 Å². The van der Waals surface area contributed by atoms with Gasteiger partial charge >= 0.3 is 17.9 Å². The van der Waals surface area contributed by atoms with Crippen LogP contribution in [0.15, 0.2) is 79.6 Å². The number of carbonyl (C=O) groups excluding carboxylic acids is 9. The highest BCUT2D eigenvalue weighted by molar-refractivity contribution is 5.99. The van der Waals surface area contributed by atoms with E-state index in [2.05, 4.69) is 73.2 Å². The molecule has 9 amide bonds. The van der Waals surface area contributed by atoms with E-state index in [0.717, 1.165) is 0 Å². The van der Waals surface area contributed by atoms with Gasteiger partial charge in [0.05, 0.1) is 19.2 Å². The molecule has 2 aromatic carbocycles. The van der Waals surface area contributed by atoms with E-state index in [1.807, 2.05) is 0 Å². The molecule has 506 valence electrons. The molecule has 0 unspecified atom stereocenters. The molecule has 93 heavy (non-hydrogen) atoms. The first-order chi connectivity index (χ1) is 44.1. The fraction of sp³-hybridized carbons (Fsp3) is 0.516. The first-order valence-electron chi connectivity index (χ1n) is 31.0. The number of nitrogens with two attached hydrogens (primary N) is 2. The number of carboxylic acids is 2. The van der Waals surface area contributed by atoms with Gasteiger partial charge in [-0.3, -0.25) is 64.4 Å². The zero-order valence-corrected chi connectivity index (χ0v) is 53.2. The molecule has 0 radical (unpaired) electrons. The summed E-state index contributed by atoms with van der Waals surface area (Å²) in [5, 5.41) is 51.0. The Morgan fingerprint density at radius 1 is 0.634 bits per heavy atom. The van der Waals surface area contributed by atoms with Crippen molar-refractivity contribution in [2.45, 2.75) is 173 Å². The van der Waals surface area contributed by atoms with Crippen LogP contribution < -0.4 is 64.7 Å². The molecule has 0 aliphatic carbocycles. The summed E-state index contributed by atoms with van der Waals surface area (Å²) in [5.41, 5.74) is 16.6. The lowest BCUT2D eigenvalue weighted by Crippen LogP contribution is -2.78. The number of nitrogens with zero attached hydrogens (tertiary/aromatic N) is 3. The number of hydrogen-bond donors (Lipinski definition) is 17. The smallest absolute Gasteiger partial charge is 0.338 e. The summed E-state index contributed by atoms with van der Waals surface area (Å²) in [5.74, 6) is -11.3. The summed E-state index contributed by atoms with van der Waals surface area (Å²) in [6.07, 6.45) is 5.55. The van der Waals surface area contributed by atoms with Crippen molar-refractivity contribution >= 4 is 71.1 Å². The second-order valence-electron chi connectivity index (χ2n) is 24.1. The third-order valence-corrected chi connectivity index (χ3v) is 15.8. The number of nitrogens with one attached hydrogen (secondary N) is 11. The highest BCUT2D eigenvalue weighted by atomic mass is 16.4. The Kier molecular flexibility index (Phi) is 28.7. The molecule has 5 rings (SSSR count). The maximum absolute atomic E-state index is 15.1. The Morgan fingerprint density at radius 3 is 1.69 bits per heavy atom. The first-order valence-corrected chi connectivity index (χ1v) is 31.0. The van der Waals surface area contributed by atoms with Crippen LogP contribution in [0.1, 0.15) is 109 Å². The number of aromatic nitrogens is 4. The molecule has 2 aromatic heterocycles. The normalized spacial score (nSPS) is 16.1. The second kappa shape index (κ2) is 36.2. The molecule has 21 N–H and O–H groups in total. The summed E-state index contributed by atoms with van der Waals surface area (Å²) in [6.45, 7) is 10.5. The monoisotopic (exact) mass is 1300 g/mol. The number of phenolic OH excluding ortho intramolecular Hbond substituents is 1. The summed E-state index contributed by atoms with van der Waals surface area (Å²) in [7, 11) is 0. The molecule has 0 bridgehead atoms. The van der Waals surface area contributed by atoms with Crippen molar-refractivity contribution in [1.29, 1.82) is 0 Å². The van der Waals surface area contributed by atoms with E-state index in [0.29, 0.717) is 35.4 Å². The predicted octanol–water partition coefficient (Wildman–Crippen LogP) is -3.97. The molecule has 1 fully saturated rings. The molecular weight excluding hydrogens is 1210 g/mol. The number of benzene rings is 2. The Balaban J connectivity index is 1.40. The largest absolute Gasteiger partial charge is 0.508 e. The number of aromatic hydroxyl groups is 1. The van der Waals surface area contributed by atoms with Crippen LogP contribution in [0, 0.1) is 17.8 Å². The van der Waals surface area contributed by atoms with Crippen molar-refractivity contribution < 1.29 is 78.8 Å². The van der Waals surface area contributed by atoms with Gasteiger partial charge in [-0.05, 0) is 73.1 Å². The van der Waals surface area contributed by atoms with Crippen LogP contribution in [0.25, 0.3) is 0 Å². The number of rotatable bonds is 37. The molecule has 1 aliphatic rings. The molecule has 4 aromatic rings. The number of imidazole rings is 2. The van der Waals surface area contributed by atoms with Gasteiger partial charge in [-0.2, -0.15) is 0 Å². The summed E-state index contributed by atoms with van der Waals surface area (Å²) in [6, 6.07) is 1.23. The van der Waals surface area contributed by atoms with E-state index in [1.54, 1.807) is 71.9 Å². The van der Waals surface area contributed by atoms with Gasteiger partial charge in [-0.1, -0.05) is 90.4 Å². The van der Waals surface area contributed by atoms with Gasteiger partial charge in [-0.25, -0.2) is 14.8 Å². The number of aliphatic carboxylic acids is 2. The number of carbonyl (C=O) groups is 11. The average Bonchev–Trinajstić information content (AvgIpc) is 1.81. The lowest BCUT2D eigenvalue weighted by molar-refractivity contribution is -0.459. The lowest BCUT2D eigenvalue weighted by Gasteiger charge is -2.32. The minimum atomic E-state index is -1.46. The zero-order chi connectivity index (χ0) is 68.5. The van der Waals surface area contributed by atoms with Crippen molar-refractivity contribution in [3.05, 3.63) is 102 Å². The van der Waals surface area contributed by atoms with E-state index in [-0.39, 0.29) is 82.1 Å². The van der Waals surface area contributed by atoms with Gasteiger partial charge in [0.15, 0.2) is 6.04 Å². The molecular formula is C62H91N17O14+2. The minimum Gasteiger partial charge on any atom is -0.508 e. The first kappa shape index (κ1) is 73.8. The van der Waals surface area contributed by atoms with Crippen LogP contribution in [0.3, 0.4) is 0 Å². The number of likely N-dealkylation sites (tertiary alicyclic amines) is 1. The van der Waals surface area contributed by atoms with E-state index in [1.165, 1.54) is 54.2 Å². The lowest BCUT2D eigenvalue weighted by atomic mass is 9.96. The number of guanidine groups is 1. The quantitative estimate of drug-likeness (QED) is 0.0116. The number of amides is 9. The average molecular weight is 1300 g/mol. The maximum Gasteiger partial charge on any atom is 0.338 e. The second-order valence-corrected chi connectivity index (χ2v) is 24.1. The summed E-state index contributed by atoms with van der Waals surface area (Å²) < 4.78 is 0. The molecule has 31 nitrogen and oxygen atoms in total. The predicted molar refractivity (Wildman–Crippen MR) is 335 cm³/mol. The fourth-order valence-corrected chi connectivity index (χ4v) is 10.5. The molecule has 0 saturated carbocycles. The van der Waals surface area contributed by atoms with Crippen molar-refractivity contribution in [3.8, 4) is 5.75 Å². The Morgan fingerprint density at radius 2 is 1.14 bits per heavy atom. The Labute approximate surface area is 538 Å². The number of carboxylic acid groups (broad SMARTS) is 2. The van der Waals surface area contributed by atoms with Crippen LogP contribution >= 0.6 is 0 Å². The number of hydrogen-bond acceptors (Lipinski definition) is 14. The van der Waals surface area contributed by atoms with Gasteiger partial charge in [-0.15, -0.1) is 0 Å². The van der Waals surface area contributed by atoms with E-state index < -0.39 is 144 Å². The molecule has 31 heteroatoms. The van der Waals surface area contributed by atoms with E-state index >= 15 is 4.79 Å². The van der Waals surface area contributed by atoms with Crippen LogP contribution in [0.2, 0.25) is 0 Å². The van der Waals surface area contributed by atoms with Gasteiger partial charge in [0, 0.05) is 56.0 Å². The van der Waals surface area contributed by atoms with Crippen molar-refractivity contribution in [3.63, 3.8) is 0 Å². The molecule has 11 atom stereocenters. The van der Waals surface area contributed by atoms with Gasteiger partial charge < -0.3 is 78.5 Å². The minimum absolute atomic E-state index is 0.0224. The van der Waals surface area contributed by atoms with Crippen molar-refractivity contribution in [2.24, 2.45) is 29.2 Å². The highest BCUT2D eigenvalue weighted by Gasteiger charge is 2.42. The van der Waals surface area contributed by atoms with Gasteiger partial charge in [0.25, 0.3) is 5.91 Å². The zero-order valence-electron chi connectivity index (χ0n) is 53.2. The number of aromatic amines is 2. The Bertz CT molecular complexity index is 3180. The van der Waals surface area contributed by atoms with Crippen LogP contribution in [0.5, 0.6) is 5.75 Å². The SMILES string of the molecule is CC[C@H](C)[C@H](NC(=O)[C@H](Cc1ccc(O)cc1)NC(=O)[C@@H](NC(=O)[C@H](CCC[NH+]=C(N)N)NC(=O)[C@@H]([NH3+])CC(=O)O)C(C)C)C(=O)N[C@@H](Cc1cnc[nH]1)C(=O)N1CCC[C@H]1C(=O)N[C@@H](Cc1ccccc1)C(=O)N[C@@H](Cc1cnc[nH]1)C(=O)N[C@@H](CC(C)C)C(=O)O. The number of quaternary nitrogens is 1. The number of phenols is 1. The molecule has 1 aliphatic heterocycles. The third kappa shape index (κ3) is 23.7. The van der Waals surface area contributed by atoms with Crippen LogP contribution in [0.4, 0.5) is 0 Å². The fourth-order valence-electron chi connectivity index (χ4n) is 10.5. The van der Waals surface area contributed by atoms with E-state index in [9.17, 15) is 63.3 Å². The molecule has 3 heterocycles.